The van der Waals surface area contributed by atoms with E-state index in [2.05, 4.69) is 5.32 Å². The Balaban J connectivity index is 3.11. The fourth-order valence-electron chi connectivity index (χ4n) is 1.41. The van der Waals surface area contributed by atoms with Crippen molar-refractivity contribution in [3.8, 4) is 0 Å². The van der Waals surface area contributed by atoms with E-state index in [-0.39, 0.29) is 16.3 Å². The normalized spacial score (nSPS) is 11.6. The van der Waals surface area contributed by atoms with E-state index in [0.29, 0.717) is 0 Å². The molecule has 0 radical (unpaired) electrons. The molecular weight excluding hydrogens is 290 g/mol. The summed E-state index contributed by atoms with van der Waals surface area (Å²) in [6, 6.07) is 1.26. The van der Waals surface area contributed by atoms with Crippen LogP contribution < -0.4 is 22.3 Å². The Morgan fingerprint density at radius 1 is 1.45 bits per heavy atom. The molecule has 2 amide bonds. The number of carbonyl (C=O) groups excluding carboxylic acids is 2. The van der Waals surface area contributed by atoms with E-state index in [1.807, 2.05) is 5.43 Å². The highest BCUT2D eigenvalue weighted by Gasteiger charge is 2.23. The van der Waals surface area contributed by atoms with Gasteiger partial charge < -0.3 is 11.1 Å². The van der Waals surface area contributed by atoms with Crippen LogP contribution in [0.25, 0.3) is 0 Å². The number of nitrogen functional groups attached to an aromatic ring is 1. The van der Waals surface area contributed by atoms with Crippen molar-refractivity contribution in [3.63, 3.8) is 0 Å². The van der Waals surface area contributed by atoms with Gasteiger partial charge >= 0.3 is 0 Å². The number of amides is 2. The van der Waals surface area contributed by atoms with Gasteiger partial charge in [0, 0.05) is 11.1 Å². The largest absolute Gasteiger partial charge is 0.393 e. The van der Waals surface area contributed by atoms with E-state index in [9.17, 15) is 19.7 Å². The number of nitrogens with zero attached hydrogens (tertiary/aromatic N) is 1. The van der Waals surface area contributed by atoms with Crippen molar-refractivity contribution in [1.29, 1.82) is 0 Å². The second-order valence-corrected chi connectivity index (χ2v) is 4.28. The predicted octanol–water partition coefficient (Wildman–Crippen LogP) is -0.0614. The van der Waals surface area contributed by atoms with Crippen molar-refractivity contribution in [2.24, 2.45) is 5.84 Å². The first-order chi connectivity index (χ1) is 9.27. The molecule has 1 rings (SSSR count). The summed E-state index contributed by atoms with van der Waals surface area (Å²) in [6.45, 7) is 1.38. The van der Waals surface area contributed by atoms with E-state index in [4.69, 9.17) is 23.2 Å². The highest BCUT2D eigenvalue weighted by atomic mass is 35.5. The highest BCUT2D eigenvalue weighted by molar-refractivity contribution is 6.31. The monoisotopic (exact) mass is 301 g/mol. The average Bonchev–Trinajstić information content (AvgIpc) is 2.39. The van der Waals surface area contributed by atoms with Crippen molar-refractivity contribution >= 4 is 34.8 Å². The number of nitrogens with one attached hydrogen (secondary N) is 2. The van der Waals surface area contributed by atoms with E-state index in [1.54, 1.807) is 0 Å². The molecule has 0 aliphatic carbocycles. The van der Waals surface area contributed by atoms with Gasteiger partial charge in [-0.3, -0.25) is 25.1 Å². The molecule has 0 saturated carbocycles. The number of hydrogen-bond acceptors (Lipinski definition) is 6. The number of rotatable bonds is 4. The zero-order valence-corrected chi connectivity index (χ0v) is 11.1. The summed E-state index contributed by atoms with van der Waals surface area (Å²) in [5, 5.41) is 13.0. The Bertz CT molecular complexity index is 577. The van der Waals surface area contributed by atoms with Crippen LogP contribution in [0.4, 0.5) is 11.4 Å². The summed E-state index contributed by atoms with van der Waals surface area (Å²) in [5.74, 6) is 3.51. The first-order valence-corrected chi connectivity index (χ1v) is 5.70. The second kappa shape index (κ2) is 6.17. The van der Waals surface area contributed by atoms with Gasteiger partial charge in [0.15, 0.2) is 0 Å². The van der Waals surface area contributed by atoms with Gasteiger partial charge in [-0.05, 0) is 13.0 Å². The van der Waals surface area contributed by atoms with E-state index in [1.165, 1.54) is 13.0 Å². The van der Waals surface area contributed by atoms with Crippen molar-refractivity contribution in [1.82, 2.24) is 10.7 Å². The zero-order chi connectivity index (χ0) is 15.4. The number of hydrogen-bond donors (Lipinski definition) is 4. The van der Waals surface area contributed by atoms with Crippen LogP contribution in [-0.2, 0) is 4.79 Å². The Morgan fingerprint density at radius 2 is 2.05 bits per heavy atom. The molecule has 0 bridgehead atoms. The first kappa shape index (κ1) is 15.7. The van der Waals surface area contributed by atoms with Crippen LogP contribution in [0.15, 0.2) is 12.1 Å². The minimum atomic E-state index is -0.940. The fraction of sp³-hybridized carbons (Fsp3) is 0.200. The molecule has 108 valence electrons. The van der Waals surface area contributed by atoms with Crippen LogP contribution >= 0.6 is 11.6 Å². The summed E-state index contributed by atoms with van der Waals surface area (Å²) >= 11 is 5.70. The van der Waals surface area contributed by atoms with Gasteiger partial charge in [0.05, 0.1) is 10.5 Å². The Morgan fingerprint density at radius 3 is 2.55 bits per heavy atom. The zero-order valence-electron chi connectivity index (χ0n) is 10.3. The van der Waals surface area contributed by atoms with Crippen molar-refractivity contribution in [3.05, 3.63) is 32.8 Å². The predicted molar refractivity (Wildman–Crippen MR) is 71.8 cm³/mol. The maximum atomic E-state index is 11.9. The molecule has 0 heterocycles. The summed E-state index contributed by atoms with van der Waals surface area (Å²) in [4.78, 5) is 33.1. The van der Waals surface area contributed by atoms with Crippen molar-refractivity contribution in [2.45, 2.75) is 13.0 Å². The molecule has 6 N–H and O–H groups in total. The van der Waals surface area contributed by atoms with Gasteiger partial charge in [-0.15, -0.1) is 0 Å². The van der Waals surface area contributed by atoms with Crippen molar-refractivity contribution < 1.29 is 14.5 Å². The minimum Gasteiger partial charge on any atom is -0.393 e. The summed E-state index contributed by atoms with van der Waals surface area (Å²) in [5.41, 5.74) is 6.39. The van der Waals surface area contributed by atoms with Crippen LogP contribution in [0.1, 0.15) is 17.3 Å². The van der Waals surface area contributed by atoms with Gasteiger partial charge in [-0.1, -0.05) is 11.6 Å². The van der Waals surface area contributed by atoms with Gasteiger partial charge in [-0.25, -0.2) is 5.84 Å². The van der Waals surface area contributed by atoms with E-state index >= 15 is 0 Å². The molecule has 0 fully saturated rings. The first-order valence-electron chi connectivity index (χ1n) is 5.32. The van der Waals surface area contributed by atoms with Crippen LogP contribution in [-0.4, -0.2) is 22.8 Å². The quantitative estimate of drug-likeness (QED) is 0.201. The minimum absolute atomic E-state index is 0.0213. The Hall–Kier alpha value is -2.39. The summed E-state index contributed by atoms with van der Waals surface area (Å²) in [7, 11) is 0. The molecule has 0 aromatic heterocycles. The number of nitro benzene ring substituents is 1. The number of nitro groups is 1. The number of carbonyl (C=O) groups is 2. The fourth-order valence-corrected chi connectivity index (χ4v) is 1.62. The van der Waals surface area contributed by atoms with Gasteiger partial charge in [0.1, 0.15) is 11.7 Å². The van der Waals surface area contributed by atoms with Crippen LogP contribution in [0.5, 0.6) is 0 Å². The number of benzene rings is 1. The lowest BCUT2D eigenvalue weighted by atomic mass is 10.1. The topological polar surface area (TPSA) is 153 Å². The van der Waals surface area contributed by atoms with Gasteiger partial charge in [-0.2, -0.15) is 0 Å². The number of anilines is 1. The van der Waals surface area contributed by atoms with Crippen LogP contribution in [0.3, 0.4) is 0 Å². The molecule has 0 spiro atoms. The van der Waals surface area contributed by atoms with Crippen LogP contribution in [0.2, 0.25) is 5.02 Å². The van der Waals surface area contributed by atoms with Crippen LogP contribution in [0, 0.1) is 10.1 Å². The maximum absolute atomic E-state index is 11.9. The lowest BCUT2D eigenvalue weighted by Gasteiger charge is -2.13. The number of nitrogens with two attached hydrogens (primary N) is 2. The molecular formula is C10H12ClN5O4. The molecule has 0 aliphatic rings. The van der Waals surface area contributed by atoms with Gasteiger partial charge in [0.2, 0.25) is 0 Å². The molecule has 1 unspecified atom stereocenters. The Kier molecular flexibility index (Phi) is 4.83. The molecule has 20 heavy (non-hydrogen) atoms. The molecule has 1 aromatic rings. The number of halogens is 1. The standard InChI is InChI=1S/C10H12ClN5O4/c1-4(9(17)15-13)14-10(18)6-2-5(11)3-7(8(6)12)16(19)20/h2-4H,12-13H2,1H3,(H,14,18)(H,15,17). The molecule has 0 aliphatic heterocycles. The lowest BCUT2D eigenvalue weighted by molar-refractivity contribution is -0.383. The third kappa shape index (κ3) is 3.33. The SMILES string of the molecule is CC(NC(=O)c1cc(Cl)cc([N+](=O)[O-])c1N)C(=O)NN. The molecule has 9 nitrogen and oxygen atoms in total. The summed E-state index contributed by atoms with van der Waals surface area (Å²) < 4.78 is 0. The number of hydrazine groups is 1. The van der Waals surface area contributed by atoms with Crippen molar-refractivity contribution in [2.75, 3.05) is 5.73 Å². The smallest absolute Gasteiger partial charge is 0.294 e. The molecule has 1 atom stereocenters. The summed E-state index contributed by atoms with van der Waals surface area (Å²) in [6.07, 6.45) is 0. The highest BCUT2D eigenvalue weighted by Crippen LogP contribution is 2.29. The Labute approximate surface area is 118 Å². The van der Waals surface area contributed by atoms with E-state index < -0.39 is 28.5 Å². The third-order valence-corrected chi connectivity index (χ3v) is 2.67. The molecule has 0 saturated heterocycles. The van der Waals surface area contributed by atoms with Gasteiger partial charge in [0.25, 0.3) is 17.5 Å². The second-order valence-electron chi connectivity index (χ2n) is 3.85. The average molecular weight is 302 g/mol. The van der Waals surface area contributed by atoms with E-state index in [0.717, 1.165) is 6.07 Å². The molecule has 10 heteroatoms. The lowest BCUT2D eigenvalue weighted by Crippen LogP contribution is -2.47. The molecule has 1 aromatic carbocycles. The maximum Gasteiger partial charge on any atom is 0.294 e. The third-order valence-electron chi connectivity index (χ3n) is 2.45.